The van der Waals surface area contributed by atoms with Crippen LogP contribution in [0.4, 0.5) is 0 Å². The van der Waals surface area contributed by atoms with Crippen LogP contribution in [0.5, 0.6) is 0 Å². The molecule has 1 heterocycles. The van der Waals surface area contributed by atoms with Crippen molar-refractivity contribution in [1.82, 2.24) is 0 Å². The van der Waals surface area contributed by atoms with Crippen LogP contribution in [0.3, 0.4) is 0 Å². The van der Waals surface area contributed by atoms with Gasteiger partial charge in [-0.1, -0.05) is 6.92 Å². The van der Waals surface area contributed by atoms with Crippen LogP contribution in [0.25, 0.3) is 0 Å². The van der Waals surface area contributed by atoms with Gasteiger partial charge in [0.25, 0.3) is 0 Å². The molecule has 1 aliphatic heterocycles. The molecule has 0 unspecified atom stereocenters. The molecule has 0 aromatic carbocycles. The smallest absolute Gasteiger partial charge is 0.311 e. The molecule has 1 rings (SSSR count). The van der Waals surface area contributed by atoms with Crippen molar-refractivity contribution in [3.63, 3.8) is 0 Å². The number of carbonyl (C=O) groups excluding carboxylic acids is 1. The van der Waals surface area contributed by atoms with Gasteiger partial charge in [0.05, 0.1) is 16.9 Å². The lowest BCUT2D eigenvalue weighted by molar-refractivity contribution is -0.160. The summed E-state index contributed by atoms with van der Waals surface area (Å²) in [6, 6.07) is 0. The molecular weight excluding hydrogens is 228 g/mol. The first-order chi connectivity index (χ1) is 7.27. The molecule has 0 aliphatic carbocycles. The van der Waals surface area contributed by atoms with Crippen molar-refractivity contribution in [3.05, 3.63) is 0 Å². The fourth-order valence-corrected chi connectivity index (χ4v) is 2.89. The topological polar surface area (TPSA) is 60.4 Å². The highest BCUT2D eigenvalue weighted by Gasteiger charge is 2.32. The molecule has 4 nitrogen and oxygen atoms in total. The van der Waals surface area contributed by atoms with Gasteiger partial charge in [-0.25, -0.2) is 8.42 Å². The maximum atomic E-state index is 11.8. The van der Waals surface area contributed by atoms with Gasteiger partial charge >= 0.3 is 5.97 Å². The van der Waals surface area contributed by atoms with E-state index in [4.69, 9.17) is 4.74 Å². The van der Waals surface area contributed by atoms with E-state index < -0.39 is 15.3 Å². The van der Waals surface area contributed by atoms with Crippen molar-refractivity contribution < 1.29 is 17.9 Å². The summed E-state index contributed by atoms with van der Waals surface area (Å²) in [6.07, 6.45) is 1.38. The zero-order valence-electron chi connectivity index (χ0n) is 10.2. The standard InChI is InChI=1S/C11H20O4S/c1-4-11(2,3)10(12)15-9-5-7-16(13,14)8-6-9/h9H,4-8H2,1-3H3. The lowest BCUT2D eigenvalue weighted by atomic mass is 9.90. The molecule has 0 spiro atoms. The zero-order chi connectivity index (χ0) is 12.4. The maximum Gasteiger partial charge on any atom is 0.311 e. The number of rotatable bonds is 3. The van der Waals surface area contributed by atoms with Crippen LogP contribution in [0.1, 0.15) is 40.0 Å². The summed E-state index contributed by atoms with van der Waals surface area (Å²) in [4.78, 5) is 11.8. The van der Waals surface area contributed by atoms with Gasteiger partial charge in [0, 0.05) is 0 Å². The molecule has 1 fully saturated rings. The van der Waals surface area contributed by atoms with Gasteiger partial charge in [-0.15, -0.1) is 0 Å². The van der Waals surface area contributed by atoms with E-state index in [1.54, 1.807) is 0 Å². The van der Waals surface area contributed by atoms with Crippen LogP contribution in [0.2, 0.25) is 0 Å². The Morgan fingerprint density at radius 3 is 2.25 bits per heavy atom. The molecule has 0 bridgehead atoms. The van der Waals surface area contributed by atoms with E-state index in [-0.39, 0.29) is 23.6 Å². The van der Waals surface area contributed by atoms with Crippen molar-refractivity contribution in [2.24, 2.45) is 5.41 Å². The Morgan fingerprint density at radius 1 is 1.31 bits per heavy atom. The predicted octanol–water partition coefficient (Wildman–Crippen LogP) is 1.54. The average molecular weight is 248 g/mol. The van der Waals surface area contributed by atoms with Crippen molar-refractivity contribution in [2.75, 3.05) is 11.5 Å². The minimum Gasteiger partial charge on any atom is -0.462 e. The third-order valence-corrected chi connectivity index (χ3v) is 4.93. The lowest BCUT2D eigenvalue weighted by Gasteiger charge is -2.27. The van der Waals surface area contributed by atoms with Gasteiger partial charge in [-0.2, -0.15) is 0 Å². The third kappa shape index (κ3) is 3.47. The van der Waals surface area contributed by atoms with Gasteiger partial charge in [0.15, 0.2) is 9.84 Å². The SMILES string of the molecule is CCC(C)(C)C(=O)OC1CCS(=O)(=O)CC1. The minimum absolute atomic E-state index is 0.136. The predicted molar refractivity (Wildman–Crippen MR) is 61.8 cm³/mol. The van der Waals surface area contributed by atoms with Crippen molar-refractivity contribution in [1.29, 1.82) is 0 Å². The molecule has 1 aliphatic rings. The molecule has 16 heavy (non-hydrogen) atoms. The first-order valence-corrected chi connectivity index (χ1v) is 7.50. The number of hydrogen-bond acceptors (Lipinski definition) is 4. The van der Waals surface area contributed by atoms with Gasteiger partial charge in [-0.3, -0.25) is 4.79 Å². The van der Waals surface area contributed by atoms with E-state index >= 15 is 0 Å². The molecule has 0 amide bonds. The number of hydrogen-bond donors (Lipinski definition) is 0. The average Bonchev–Trinajstić information content (AvgIpc) is 2.21. The van der Waals surface area contributed by atoms with Crippen LogP contribution in [0.15, 0.2) is 0 Å². The molecule has 94 valence electrons. The van der Waals surface area contributed by atoms with E-state index in [1.165, 1.54) is 0 Å². The fraction of sp³-hybridized carbons (Fsp3) is 0.909. The second kappa shape index (κ2) is 4.73. The molecule has 1 saturated heterocycles. The number of esters is 1. The highest BCUT2D eigenvalue weighted by atomic mass is 32.2. The Bertz CT molecular complexity index is 342. The van der Waals surface area contributed by atoms with Crippen LogP contribution in [-0.4, -0.2) is 32.0 Å². The van der Waals surface area contributed by atoms with Gasteiger partial charge in [0.2, 0.25) is 0 Å². The summed E-state index contributed by atoms with van der Waals surface area (Å²) < 4.78 is 27.7. The molecular formula is C11H20O4S. The summed E-state index contributed by atoms with van der Waals surface area (Å²) in [5.41, 5.74) is -0.476. The highest BCUT2D eigenvalue weighted by Crippen LogP contribution is 2.24. The van der Waals surface area contributed by atoms with Crippen LogP contribution >= 0.6 is 0 Å². The largest absolute Gasteiger partial charge is 0.462 e. The quantitative estimate of drug-likeness (QED) is 0.711. The number of ether oxygens (including phenoxy) is 1. The second-order valence-electron chi connectivity index (χ2n) is 4.99. The summed E-state index contributed by atoms with van der Waals surface area (Å²) >= 11 is 0. The Morgan fingerprint density at radius 2 is 1.81 bits per heavy atom. The molecule has 0 aromatic rings. The van der Waals surface area contributed by atoms with Crippen molar-refractivity contribution in [2.45, 2.75) is 46.1 Å². The second-order valence-corrected chi connectivity index (χ2v) is 7.30. The normalized spacial score (nSPS) is 21.7. The van der Waals surface area contributed by atoms with E-state index in [9.17, 15) is 13.2 Å². The number of sulfone groups is 1. The van der Waals surface area contributed by atoms with E-state index in [0.29, 0.717) is 12.8 Å². The monoisotopic (exact) mass is 248 g/mol. The van der Waals surface area contributed by atoms with Gasteiger partial charge in [-0.05, 0) is 33.1 Å². The summed E-state index contributed by atoms with van der Waals surface area (Å²) in [6.45, 7) is 5.62. The molecule has 0 saturated carbocycles. The Balaban J connectivity index is 2.49. The van der Waals surface area contributed by atoms with Gasteiger partial charge in [0.1, 0.15) is 6.10 Å². The highest BCUT2D eigenvalue weighted by molar-refractivity contribution is 7.91. The van der Waals surface area contributed by atoms with Gasteiger partial charge < -0.3 is 4.74 Å². The first kappa shape index (κ1) is 13.5. The van der Waals surface area contributed by atoms with Crippen molar-refractivity contribution >= 4 is 15.8 Å². The summed E-state index contributed by atoms with van der Waals surface area (Å²) in [5, 5.41) is 0. The number of carbonyl (C=O) groups is 1. The molecule has 0 N–H and O–H groups in total. The van der Waals surface area contributed by atoms with Crippen LogP contribution in [-0.2, 0) is 19.4 Å². The molecule has 0 aromatic heterocycles. The van der Waals surface area contributed by atoms with Crippen molar-refractivity contribution in [3.8, 4) is 0 Å². The zero-order valence-corrected chi connectivity index (χ0v) is 11.0. The summed E-state index contributed by atoms with van der Waals surface area (Å²) in [5.74, 6) is 0.0499. The third-order valence-electron chi connectivity index (χ3n) is 3.21. The molecule has 0 radical (unpaired) electrons. The van der Waals surface area contributed by atoms with Crippen LogP contribution in [0, 0.1) is 5.41 Å². The summed E-state index contributed by atoms with van der Waals surface area (Å²) in [7, 11) is -2.88. The van der Waals surface area contributed by atoms with Crippen LogP contribution < -0.4 is 0 Å². The molecule has 0 atom stereocenters. The Labute approximate surface area is 97.3 Å². The van der Waals surface area contributed by atoms with E-state index in [1.807, 2.05) is 20.8 Å². The first-order valence-electron chi connectivity index (χ1n) is 5.68. The fourth-order valence-electron chi connectivity index (χ4n) is 1.44. The maximum absolute atomic E-state index is 11.8. The lowest BCUT2D eigenvalue weighted by Crippen LogP contribution is -2.35. The van der Waals surface area contributed by atoms with E-state index in [0.717, 1.165) is 6.42 Å². The minimum atomic E-state index is -2.88. The molecule has 5 heteroatoms. The van der Waals surface area contributed by atoms with E-state index in [2.05, 4.69) is 0 Å². The Hall–Kier alpha value is -0.580. The Kier molecular flexibility index (Phi) is 3.99.